The maximum absolute atomic E-state index is 9.00. The minimum atomic E-state index is -0.833. The summed E-state index contributed by atoms with van der Waals surface area (Å²) in [4.78, 5) is 23.1. The molecule has 94 valence electrons. The molecule has 0 atom stereocenters. The molecule has 0 radical (unpaired) electrons. The number of piperazine rings is 3. The Morgan fingerprint density at radius 2 is 0.875 bits per heavy atom. The van der Waals surface area contributed by atoms with Crippen molar-refractivity contribution >= 4 is 11.9 Å². The largest absolute Gasteiger partial charge is 0.481 e. The number of hydrogen-bond acceptors (Lipinski definition) is 4. The molecule has 0 saturated carbocycles. The van der Waals surface area contributed by atoms with Gasteiger partial charge in [-0.1, -0.05) is 0 Å². The number of aliphatic carboxylic acids is 2. The third-order valence-electron chi connectivity index (χ3n) is 2.20. The molecular formula is C10H20N2O4. The van der Waals surface area contributed by atoms with Gasteiger partial charge in [0.15, 0.2) is 0 Å². The second-order valence-electron chi connectivity index (χ2n) is 3.72. The first-order valence-corrected chi connectivity index (χ1v) is 5.25. The van der Waals surface area contributed by atoms with E-state index in [1.807, 2.05) is 0 Å². The van der Waals surface area contributed by atoms with Gasteiger partial charge < -0.3 is 10.2 Å². The average molecular weight is 232 g/mol. The van der Waals surface area contributed by atoms with Crippen LogP contribution < -0.4 is 0 Å². The minimum Gasteiger partial charge on any atom is -0.481 e. The fourth-order valence-electron chi connectivity index (χ4n) is 1.52. The number of nitrogens with zero attached hydrogens (tertiary/aromatic N) is 2. The normalized spacial score (nSPS) is 25.6. The summed E-state index contributed by atoms with van der Waals surface area (Å²) in [5.41, 5.74) is 0. The molecule has 3 rings (SSSR count). The molecule has 6 nitrogen and oxygen atoms in total. The summed E-state index contributed by atoms with van der Waals surface area (Å²) in [7, 11) is 0. The quantitative estimate of drug-likeness (QED) is 0.602. The van der Waals surface area contributed by atoms with Crippen molar-refractivity contribution in [1.29, 1.82) is 0 Å². The molecule has 6 heteroatoms. The third-order valence-corrected chi connectivity index (χ3v) is 2.20. The number of rotatable bonds is 0. The van der Waals surface area contributed by atoms with Crippen LogP contribution >= 0.6 is 0 Å². The first kappa shape index (κ1) is 14.9. The van der Waals surface area contributed by atoms with Crippen LogP contribution in [0.25, 0.3) is 0 Å². The Hall–Kier alpha value is -1.14. The molecule has 2 bridgehead atoms. The molecular weight excluding hydrogens is 212 g/mol. The SMILES string of the molecule is C1CN2CCN1CC2.CC(=O)O.CC(=O)O. The maximum Gasteiger partial charge on any atom is 0.300 e. The fourth-order valence-corrected chi connectivity index (χ4v) is 1.52. The van der Waals surface area contributed by atoms with E-state index >= 15 is 0 Å². The minimum absolute atomic E-state index is 0.833. The Bertz CT molecular complexity index is 182. The smallest absolute Gasteiger partial charge is 0.300 e. The molecule has 0 aromatic rings. The van der Waals surface area contributed by atoms with Gasteiger partial charge in [-0.3, -0.25) is 19.4 Å². The van der Waals surface area contributed by atoms with Crippen LogP contribution in [0, 0.1) is 0 Å². The first-order valence-electron chi connectivity index (χ1n) is 5.25. The predicted molar refractivity (Wildman–Crippen MR) is 59.5 cm³/mol. The van der Waals surface area contributed by atoms with Crippen molar-refractivity contribution in [3.05, 3.63) is 0 Å². The summed E-state index contributed by atoms with van der Waals surface area (Å²) >= 11 is 0. The lowest BCUT2D eigenvalue weighted by Gasteiger charge is -2.41. The summed E-state index contributed by atoms with van der Waals surface area (Å²) < 4.78 is 0. The monoisotopic (exact) mass is 232 g/mol. The van der Waals surface area contributed by atoms with Crippen molar-refractivity contribution in [3.8, 4) is 0 Å². The van der Waals surface area contributed by atoms with Gasteiger partial charge in [0.1, 0.15) is 0 Å². The van der Waals surface area contributed by atoms with Crippen molar-refractivity contribution in [3.63, 3.8) is 0 Å². The molecule has 3 saturated heterocycles. The van der Waals surface area contributed by atoms with Crippen molar-refractivity contribution in [2.24, 2.45) is 0 Å². The highest BCUT2D eigenvalue weighted by Gasteiger charge is 2.21. The Morgan fingerprint density at radius 3 is 0.938 bits per heavy atom. The first-order chi connectivity index (χ1) is 7.41. The Kier molecular flexibility index (Phi) is 7.49. The van der Waals surface area contributed by atoms with Crippen LogP contribution in [-0.2, 0) is 9.59 Å². The molecule has 3 aliphatic rings. The molecule has 0 aliphatic carbocycles. The van der Waals surface area contributed by atoms with Crippen molar-refractivity contribution in [2.75, 3.05) is 39.3 Å². The van der Waals surface area contributed by atoms with Gasteiger partial charge in [-0.2, -0.15) is 0 Å². The number of carbonyl (C=O) groups is 2. The van der Waals surface area contributed by atoms with Crippen molar-refractivity contribution in [2.45, 2.75) is 13.8 Å². The second kappa shape index (κ2) is 8.06. The van der Waals surface area contributed by atoms with Crippen LogP contribution in [-0.4, -0.2) is 71.2 Å². The lowest BCUT2D eigenvalue weighted by Crippen LogP contribution is -2.55. The summed E-state index contributed by atoms with van der Waals surface area (Å²) in [5, 5.41) is 14.8. The van der Waals surface area contributed by atoms with Gasteiger partial charge in [0.05, 0.1) is 0 Å². The predicted octanol–water partition coefficient (Wildman–Crippen LogP) is -0.201. The Labute approximate surface area is 95.5 Å². The van der Waals surface area contributed by atoms with Crippen molar-refractivity contribution in [1.82, 2.24) is 9.80 Å². The number of carboxylic acid groups (broad SMARTS) is 2. The second-order valence-corrected chi connectivity index (χ2v) is 3.72. The highest BCUT2D eigenvalue weighted by atomic mass is 16.4. The maximum atomic E-state index is 9.00. The van der Waals surface area contributed by atoms with Gasteiger partial charge >= 0.3 is 0 Å². The number of hydrogen-bond donors (Lipinski definition) is 2. The van der Waals surface area contributed by atoms with Crippen LogP contribution in [0.5, 0.6) is 0 Å². The molecule has 0 amide bonds. The molecule has 2 N–H and O–H groups in total. The number of fused-ring (bicyclic) bond motifs is 3. The van der Waals surface area contributed by atoms with Gasteiger partial charge in [0, 0.05) is 53.1 Å². The van der Waals surface area contributed by atoms with Crippen LogP contribution in [0.1, 0.15) is 13.8 Å². The standard InChI is InChI=1S/C6H12N2.2C2H4O2/c1-2-8-5-3-7(1)4-6-8;2*1-2(3)4/h1-6H2;2*1H3,(H,3,4). The van der Waals surface area contributed by atoms with Crippen LogP contribution in [0.2, 0.25) is 0 Å². The molecule has 3 heterocycles. The molecule has 16 heavy (non-hydrogen) atoms. The fraction of sp³-hybridized carbons (Fsp3) is 0.800. The van der Waals surface area contributed by atoms with Crippen molar-refractivity contribution < 1.29 is 19.8 Å². The zero-order valence-corrected chi connectivity index (χ0v) is 9.85. The van der Waals surface area contributed by atoms with Gasteiger partial charge in [-0.25, -0.2) is 0 Å². The third kappa shape index (κ3) is 9.42. The van der Waals surface area contributed by atoms with Gasteiger partial charge in [-0.05, 0) is 0 Å². The summed E-state index contributed by atoms with van der Waals surface area (Å²) in [5.74, 6) is -1.67. The molecule has 0 aromatic carbocycles. The summed E-state index contributed by atoms with van der Waals surface area (Å²) in [6.45, 7) is 10.1. The average Bonchev–Trinajstić information content (AvgIpc) is 2.19. The molecule has 0 aromatic heterocycles. The topological polar surface area (TPSA) is 81.1 Å². The van der Waals surface area contributed by atoms with E-state index in [9.17, 15) is 0 Å². The van der Waals surface area contributed by atoms with Crippen LogP contribution in [0.4, 0.5) is 0 Å². The van der Waals surface area contributed by atoms with Gasteiger partial charge in [0.25, 0.3) is 11.9 Å². The Balaban J connectivity index is 0.000000244. The molecule has 3 aliphatic heterocycles. The summed E-state index contributed by atoms with van der Waals surface area (Å²) in [6.07, 6.45) is 0. The summed E-state index contributed by atoms with van der Waals surface area (Å²) in [6, 6.07) is 0. The zero-order chi connectivity index (χ0) is 12.6. The van der Waals surface area contributed by atoms with E-state index in [1.165, 1.54) is 39.3 Å². The number of carboxylic acids is 2. The molecule has 3 fully saturated rings. The van der Waals surface area contributed by atoms with Crippen LogP contribution in [0.3, 0.4) is 0 Å². The van der Waals surface area contributed by atoms with E-state index in [0.29, 0.717) is 0 Å². The van der Waals surface area contributed by atoms with Crippen LogP contribution in [0.15, 0.2) is 0 Å². The van der Waals surface area contributed by atoms with Gasteiger partial charge in [0.2, 0.25) is 0 Å². The molecule has 0 spiro atoms. The zero-order valence-electron chi connectivity index (χ0n) is 9.85. The highest BCUT2D eigenvalue weighted by molar-refractivity contribution is 5.63. The van der Waals surface area contributed by atoms with E-state index in [0.717, 1.165) is 13.8 Å². The highest BCUT2D eigenvalue weighted by Crippen LogP contribution is 2.06. The van der Waals surface area contributed by atoms with Gasteiger partial charge in [-0.15, -0.1) is 0 Å². The lowest BCUT2D eigenvalue weighted by molar-refractivity contribution is -0.135. The van der Waals surface area contributed by atoms with E-state index in [2.05, 4.69) is 9.80 Å². The van der Waals surface area contributed by atoms with E-state index in [4.69, 9.17) is 19.8 Å². The van der Waals surface area contributed by atoms with E-state index in [1.54, 1.807) is 0 Å². The lowest BCUT2D eigenvalue weighted by atomic mass is 10.2. The van der Waals surface area contributed by atoms with E-state index in [-0.39, 0.29) is 0 Å². The van der Waals surface area contributed by atoms with E-state index < -0.39 is 11.9 Å². The Morgan fingerprint density at radius 1 is 0.750 bits per heavy atom. The molecule has 0 unspecified atom stereocenters.